The molecule has 1 rings (SSSR count). The molecule has 0 amide bonds. The van der Waals surface area contributed by atoms with E-state index in [0.29, 0.717) is 5.56 Å². The number of aryl methyl sites for hydroxylation is 1. The highest BCUT2D eigenvalue weighted by molar-refractivity contribution is 5.92. The molecule has 0 unspecified atom stereocenters. The number of anilines is 1. The minimum absolute atomic E-state index is 0.247. The Balaban J connectivity index is 2.54. The lowest BCUT2D eigenvalue weighted by Crippen LogP contribution is -2.07. The Labute approximate surface area is 108 Å². The first kappa shape index (κ1) is 14.5. The second kappa shape index (κ2) is 7.71. The third-order valence-corrected chi connectivity index (χ3v) is 2.81. The van der Waals surface area contributed by atoms with Crippen LogP contribution in [0.5, 0.6) is 0 Å². The van der Waals surface area contributed by atoms with Crippen molar-refractivity contribution in [3.05, 3.63) is 29.3 Å². The van der Waals surface area contributed by atoms with Crippen molar-refractivity contribution < 1.29 is 14.6 Å². The van der Waals surface area contributed by atoms with Gasteiger partial charge in [0, 0.05) is 18.8 Å². The van der Waals surface area contributed by atoms with Crippen molar-refractivity contribution in [3.63, 3.8) is 0 Å². The number of carbonyl (C=O) groups is 1. The van der Waals surface area contributed by atoms with Crippen LogP contribution < -0.4 is 5.32 Å². The summed E-state index contributed by atoms with van der Waals surface area (Å²) < 4.78 is 4.74. The summed E-state index contributed by atoms with van der Waals surface area (Å²) in [6, 6.07) is 5.67. The van der Waals surface area contributed by atoms with Crippen molar-refractivity contribution in [3.8, 4) is 0 Å². The topological polar surface area (TPSA) is 58.6 Å². The molecule has 100 valence electrons. The van der Waals surface area contributed by atoms with Gasteiger partial charge >= 0.3 is 5.97 Å². The number of hydrogen-bond acceptors (Lipinski definition) is 4. The van der Waals surface area contributed by atoms with Gasteiger partial charge < -0.3 is 15.2 Å². The molecule has 0 aliphatic rings. The molecule has 4 heteroatoms. The summed E-state index contributed by atoms with van der Waals surface area (Å²) >= 11 is 0. The maximum absolute atomic E-state index is 11.5. The van der Waals surface area contributed by atoms with E-state index in [1.807, 2.05) is 25.1 Å². The fourth-order valence-electron chi connectivity index (χ4n) is 1.71. The van der Waals surface area contributed by atoms with Crippen molar-refractivity contribution >= 4 is 11.7 Å². The highest BCUT2D eigenvalue weighted by Crippen LogP contribution is 2.16. The van der Waals surface area contributed by atoms with Crippen molar-refractivity contribution in [1.82, 2.24) is 0 Å². The zero-order valence-corrected chi connectivity index (χ0v) is 11.0. The van der Waals surface area contributed by atoms with Crippen LogP contribution in [0, 0.1) is 6.92 Å². The van der Waals surface area contributed by atoms with Gasteiger partial charge in [0.1, 0.15) is 0 Å². The van der Waals surface area contributed by atoms with E-state index in [9.17, 15) is 4.79 Å². The third kappa shape index (κ3) is 4.37. The predicted octanol–water partition coefficient (Wildman–Crippen LogP) is 2.36. The van der Waals surface area contributed by atoms with Crippen LogP contribution in [0.15, 0.2) is 18.2 Å². The number of esters is 1. The summed E-state index contributed by atoms with van der Waals surface area (Å²) in [5.41, 5.74) is 2.43. The maximum Gasteiger partial charge on any atom is 0.338 e. The summed E-state index contributed by atoms with van der Waals surface area (Å²) in [7, 11) is 1.39. The number of carbonyl (C=O) groups excluding carboxylic acids is 1. The quantitative estimate of drug-likeness (QED) is 0.577. The van der Waals surface area contributed by atoms with E-state index in [0.717, 1.165) is 37.1 Å². The van der Waals surface area contributed by atoms with Crippen molar-refractivity contribution in [1.29, 1.82) is 0 Å². The Hall–Kier alpha value is -1.55. The maximum atomic E-state index is 11.5. The van der Waals surface area contributed by atoms with Gasteiger partial charge in [0.2, 0.25) is 0 Å². The van der Waals surface area contributed by atoms with E-state index in [1.165, 1.54) is 7.11 Å². The van der Waals surface area contributed by atoms with Crippen LogP contribution >= 0.6 is 0 Å². The molecule has 0 aliphatic carbocycles. The van der Waals surface area contributed by atoms with Gasteiger partial charge in [0.25, 0.3) is 0 Å². The van der Waals surface area contributed by atoms with E-state index >= 15 is 0 Å². The van der Waals surface area contributed by atoms with Crippen LogP contribution in [-0.2, 0) is 4.74 Å². The van der Waals surface area contributed by atoms with Gasteiger partial charge in [-0.3, -0.25) is 0 Å². The second-order valence-corrected chi connectivity index (χ2v) is 4.23. The van der Waals surface area contributed by atoms with E-state index < -0.39 is 0 Å². The lowest BCUT2D eigenvalue weighted by Gasteiger charge is -2.09. The smallest absolute Gasteiger partial charge is 0.338 e. The minimum Gasteiger partial charge on any atom is -0.465 e. The molecular weight excluding hydrogens is 230 g/mol. The number of rotatable bonds is 7. The van der Waals surface area contributed by atoms with Gasteiger partial charge in [0.05, 0.1) is 12.7 Å². The van der Waals surface area contributed by atoms with E-state index in [-0.39, 0.29) is 12.6 Å². The first-order chi connectivity index (χ1) is 8.69. The van der Waals surface area contributed by atoms with Crippen LogP contribution in [0.4, 0.5) is 5.69 Å². The number of unbranched alkanes of at least 4 members (excludes halogenated alkanes) is 2. The monoisotopic (exact) mass is 251 g/mol. The van der Waals surface area contributed by atoms with E-state index in [4.69, 9.17) is 9.84 Å². The second-order valence-electron chi connectivity index (χ2n) is 4.23. The average Bonchev–Trinajstić information content (AvgIpc) is 2.39. The zero-order chi connectivity index (χ0) is 13.4. The lowest BCUT2D eigenvalue weighted by atomic mass is 10.1. The Morgan fingerprint density at radius 1 is 1.33 bits per heavy atom. The number of benzene rings is 1. The van der Waals surface area contributed by atoms with Gasteiger partial charge in [-0.15, -0.1) is 0 Å². The Bertz CT molecular complexity index is 391. The van der Waals surface area contributed by atoms with Gasteiger partial charge in [-0.25, -0.2) is 4.79 Å². The van der Waals surface area contributed by atoms with Crippen molar-refractivity contribution in [2.24, 2.45) is 0 Å². The highest BCUT2D eigenvalue weighted by Gasteiger charge is 2.09. The van der Waals surface area contributed by atoms with E-state index in [1.54, 1.807) is 0 Å². The zero-order valence-electron chi connectivity index (χ0n) is 11.0. The average molecular weight is 251 g/mol. The van der Waals surface area contributed by atoms with Gasteiger partial charge in [-0.2, -0.15) is 0 Å². The van der Waals surface area contributed by atoms with Crippen LogP contribution in [0.2, 0.25) is 0 Å². The molecule has 1 aromatic rings. The third-order valence-electron chi connectivity index (χ3n) is 2.81. The Morgan fingerprint density at radius 2 is 2.11 bits per heavy atom. The number of methoxy groups -OCH3 is 1. The van der Waals surface area contributed by atoms with Gasteiger partial charge in [-0.05, 0) is 43.9 Å². The molecule has 0 atom stereocenters. The predicted molar refractivity (Wildman–Crippen MR) is 71.9 cm³/mol. The van der Waals surface area contributed by atoms with Crippen LogP contribution in [-0.4, -0.2) is 31.3 Å². The standard InChI is InChI=1S/C14H21NO3/c1-11-6-7-12(10-13(11)14(17)18-2)15-8-4-3-5-9-16/h6-7,10,15-16H,3-5,8-9H2,1-2H3. The number of hydrogen-bond donors (Lipinski definition) is 2. The van der Waals surface area contributed by atoms with Crippen molar-refractivity contribution in [2.45, 2.75) is 26.2 Å². The Kier molecular flexibility index (Phi) is 6.22. The molecule has 1 aromatic carbocycles. The number of aliphatic hydroxyl groups is 1. The normalized spacial score (nSPS) is 10.2. The molecule has 0 spiro atoms. The number of nitrogens with one attached hydrogen (secondary N) is 1. The summed E-state index contributed by atoms with van der Waals surface area (Å²) in [5.74, 6) is -0.309. The summed E-state index contributed by atoms with van der Waals surface area (Å²) in [5, 5.41) is 11.9. The molecule has 0 fully saturated rings. The first-order valence-corrected chi connectivity index (χ1v) is 6.22. The largest absolute Gasteiger partial charge is 0.465 e. The van der Waals surface area contributed by atoms with E-state index in [2.05, 4.69) is 5.32 Å². The molecule has 0 saturated heterocycles. The Morgan fingerprint density at radius 3 is 2.78 bits per heavy atom. The first-order valence-electron chi connectivity index (χ1n) is 6.22. The summed E-state index contributed by atoms with van der Waals surface area (Å²) in [4.78, 5) is 11.5. The van der Waals surface area contributed by atoms with Crippen molar-refractivity contribution in [2.75, 3.05) is 25.6 Å². The van der Waals surface area contributed by atoms with Gasteiger partial charge in [-0.1, -0.05) is 6.07 Å². The molecule has 0 heterocycles. The molecule has 0 bridgehead atoms. The van der Waals surface area contributed by atoms with Crippen LogP contribution in [0.3, 0.4) is 0 Å². The fraction of sp³-hybridized carbons (Fsp3) is 0.500. The molecule has 2 N–H and O–H groups in total. The molecule has 0 saturated carbocycles. The van der Waals surface area contributed by atoms with Crippen LogP contribution in [0.25, 0.3) is 0 Å². The molecular formula is C14H21NO3. The molecule has 0 radical (unpaired) electrons. The molecule has 4 nitrogen and oxygen atoms in total. The summed E-state index contributed by atoms with van der Waals surface area (Å²) in [6.45, 7) is 2.97. The molecule has 0 aromatic heterocycles. The molecule has 0 aliphatic heterocycles. The SMILES string of the molecule is COC(=O)c1cc(NCCCCCO)ccc1C. The highest BCUT2D eigenvalue weighted by atomic mass is 16.5. The number of ether oxygens (including phenoxy) is 1. The molecule has 18 heavy (non-hydrogen) atoms. The van der Waals surface area contributed by atoms with Crippen LogP contribution in [0.1, 0.15) is 35.2 Å². The summed E-state index contributed by atoms with van der Waals surface area (Å²) in [6.07, 6.45) is 2.84. The lowest BCUT2D eigenvalue weighted by molar-refractivity contribution is 0.0600. The minimum atomic E-state index is -0.309. The number of aliphatic hydroxyl groups excluding tert-OH is 1. The van der Waals surface area contributed by atoms with Gasteiger partial charge in [0.15, 0.2) is 0 Å². The fourth-order valence-corrected chi connectivity index (χ4v) is 1.71.